The first kappa shape index (κ1) is 62.7. The number of terminal acetylenes is 1. The summed E-state index contributed by atoms with van der Waals surface area (Å²) in [6.07, 6.45) is 18.2. The maximum absolute atomic E-state index is 14.9. The monoisotopic (exact) mass is 1080 g/mol. The van der Waals surface area contributed by atoms with Crippen LogP contribution in [-0.4, -0.2) is 167 Å². The van der Waals surface area contributed by atoms with Crippen LogP contribution in [0.15, 0.2) is 45.9 Å². The van der Waals surface area contributed by atoms with Gasteiger partial charge in [-0.3, -0.25) is 38.9 Å². The number of rotatable bonds is 8. The highest BCUT2D eigenvalue weighted by atomic mass is 16.5. The van der Waals surface area contributed by atoms with Crippen LogP contribution in [0.5, 0.6) is 17.2 Å². The quantitative estimate of drug-likeness (QED) is 0.0687. The molecule has 0 aromatic heterocycles. The van der Waals surface area contributed by atoms with Gasteiger partial charge >= 0.3 is 5.97 Å². The van der Waals surface area contributed by atoms with Gasteiger partial charge in [-0.25, -0.2) is 0 Å². The second kappa shape index (κ2) is 28.1. The second-order valence-electron chi connectivity index (χ2n) is 22.3. The van der Waals surface area contributed by atoms with Gasteiger partial charge in [-0.1, -0.05) is 71.9 Å². The van der Waals surface area contributed by atoms with Crippen LogP contribution in [0.1, 0.15) is 123 Å². The Morgan fingerprint density at radius 2 is 1.55 bits per heavy atom. The summed E-state index contributed by atoms with van der Waals surface area (Å²) in [5.74, 6) is -3.09. The van der Waals surface area contributed by atoms with E-state index in [1.165, 1.54) is 0 Å². The van der Waals surface area contributed by atoms with Gasteiger partial charge in [-0.2, -0.15) is 0 Å². The van der Waals surface area contributed by atoms with Gasteiger partial charge in [0.2, 0.25) is 11.8 Å². The first-order valence-electron chi connectivity index (χ1n) is 27.8. The lowest BCUT2D eigenvalue weighted by atomic mass is 9.80. The van der Waals surface area contributed by atoms with Crippen molar-refractivity contribution in [2.75, 3.05) is 78.4 Å². The van der Waals surface area contributed by atoms with Gasteiger partial charge in [0.15, 0.2) is 17.2 Å². The van der Waals surface area contributed by atoms with E-state index in [2.05, 4.69) is 41.8 Å². The average molecular weight is 1080 g/mol. The molecule has 6 atom stereocenters. The van der Waals surface area contributed by atoms with Crippen molar-refractivity contribution in [2.45, 2.75) is 138 Å². The van der Waals surface area contributed by atoms with Crippen LogP contribution in [0, 0.1) is 49.4 Å². The molecule has 3 saturated heterocycles. The first-order valence-corrected chi connectivity index (χ1v) is 27.8. The van der Waals surface area contributed by atoms with Crippen molar-refractivity contribution in [2.24, 2.45) is 39.6 Å². The minimum atomic E-state index is -0.937. The number of allylic oxidation sites excluding steroid dienone is 5. The van der Waals surface area contributed by atoms with Crippen molar-refractivity contribution < 1.29 is 53.9 Å². The number of piperidine rings is 2. The summed E-state index contributed by atoms with van der Waals surface area (Å²) in [5.41, 5.74) is -0.253. The van der Waals surface area contributed by atoms with Crippen LogP contribution in [0.25, 0.3) is 10.8 Å². The van der Waals surface area contributed by atoms with Gasteiger partial charge in [0.05, 0.1) is 35.6 Å². The lowest BCUT2D eigenvalue weighted by Gasteiger charge is -2.41. The Kier molecular flexibility index (Phi) is 22.6. The number of aliphatic hydroxyl groups excluding tert-OH is 2. The Hall–Kier alpha value is -6.13. The third-order valence-corrected chi connectivity index (χ3v) is 16.0. The summed E-state index contributed by atoms with van der Waals surface area (Å²) in [6.45, 7) is 22.5. The number of carbonyl (C=O) groups excluding carboxylic acids is 5. The SMILES string of the molecule is C#C.CCOc1c(C)c(O)c2c(O)c3c4c(c2c1C(=O)C/C=C/C[C@@H](C)[C@@H](OC(=O)CC(=O)N1CCC(N2CCN(C)C(=O)C2)CC1)[C@H](C)[C@H](O)[C@H](C)C[C@@H](C)/C=C/C=C(/C)C(=O)N3)=NC1(CCN(CC(C)C)CC1)N=4.CO. The maximum Gasteiger partial charge on any atom is 0.315 e. The molecule has 2 aromatic rings. The number of hydrogen-bond acceptors (Lipinski definition) is 15. The summed E-state index contributed by atoms with van der Waals surface area (Å²) in [7, 11) is 2.81. The molecule has 3 amide bonds. The van der Waals surface area contributed by atoms with E-state index >= 15 is 0 Å². The zero-order chi connectivity index (χ0) is 57.8. The summed E-state index contributed by atoms with van der Waals surface area (Å²) >= 11 is 0. The number of benzene rings is 2. The standard InChI is InChI=1S/C57H81N7O10.C2H2.CH4O/c1-11-73-55-39(9)52(70)47-46-45(55)41(65)18-13-12-16-35(5)54(74-44(68)30-42(66)63-23-19-40(20-24-63)64-28-27-61(10)43(67)32-64)38(8)51(69)37(7)29-34(4)15-14-17-36(6)56(72)58-50(53(47)71)49-48(46)59-57(60-49)21-25-62(26-22-57)31-33(2)3;2*1-2/h12-15,17,33-35,37-38,40,51,54,69-71H,11,16,18-32H2,1-10H3,(H,58,72);1-2H;2H,1H3/b13-12+,15-14+,36-17-;;/t34-,35+,37+,38+,51+,54+;;/m0../s1. The largest absolute Gasteiger partial charge is 0.507 e. The molecule has 6 aliphatic heterocycles. The van der Waals surface area contributed by atoms with Crippen molar-refractivity contribution in [1.82, 2.24) is 19.6 Å². The fourth-order valence-electron chi connectivity index (χ4n) is 11.7. The number of aromatic hydroxyl groups is 2. The molecule has 0 aliphatic carbocycles. The molecule has 6 aliphatic rings. The molecule has 2 aromatic carbocycles. The number of phenolic OH excluding ortho intramolecular Hbond substituents is 2. The molecule has 6 heterocycles. The lowest BCUT2D eigenvalue weighted by Crippen LogP contribution is -2.55. The van der Waals surface area contributed by atoms with E-state index in [4.69, 9.17) is 24.6 Å². The van der Waals surface area contributed by atoms with E-state index < -0.39 is 47.8 Å². The van der Waals surface area contributed by atoms with Crippen LogP contribution in [0.2, 0.25) is 0 Å². The summed E-state index contributed by atoms with van der Waals surface area (Å²) in [5, 5.41) is 46.7. The number of ether oxygens (including phenoxy) is 2. The highest BCUT2D eigenvalue weighted by molar-refractivity contribution is 6.16. The fourth-order valence-corrected chi connectivity index (χ4v) is 11.7. The maximum atomic E-state index is 14.9. The number of hydrogen-bond donors (Lipinski definition) is 5. The molecule has 1 spiro atoms. The summed E-state index contributed by atoms with van der Waals surface area (Å²) in [4.78, 5) is 87.2. The first-order chi connectivity index (χ1) is 37.1. The Labute approximate surface area is 461 Å². The molecule has 0 saturated carbocycles. The fraction of sp³-hybridized carbons (Fsp3) is 0.617. The molecule has 0 unspecified atom stereocenters. The smallest absolute Gasteiger partial charge is 0.315 e. The number of likely N-dealkylation sites (N-methyl/N-ethyl adjacent to an activating group) is 1. The van der Waals surface area contributed by atoms with Gasteiger partial charge in [-0.15, -0.1) is 12.8 Å². The Bertz CT molecular complexity index is 2730. The number of nitrogens with zero attached hydrogens (tertiary/aromatic N) is 6. The van der Waals surface area contributed by atoms with Crippen molar-refractivity contribution in [1.29, 1.82) is 0 Å². The lowest BCUT2D eigenvalue weighted by molar-refractivity contribution is -0.162. The number of Topliss-reactive ketones (excluding diaryl/α,β-unsaturated/α-hetero) is 1. The van der Waals surface area contributed by atoms with Crippen molar-refractivity contribution >= 4 is 45.9 Å². The van der Waals surface area contributed by atoms with Crippen LogP contribution < -0.4 is 20.8 Å². The summed E-state index contributed by atoms with van der Waals surface area (Å²) in [6, 6.07) is 0.188. The van der Waals surface area contributed by atoms with E-state index in [-0.39, 0.29) is 104 Å². The molecule has 18 nitrogen and oxygen atoms in total. The number of amides is 3. The number of piperazine rings is 1. The number of ketones is 1. The van der Waals surface area contributed by atoms with Gasteiger partial charge in [-0.05, 0) is 70.1 Å². The molecule has 18 heteroatoms. The predicted octanol–water partition coefficient (Wildman–Crippen LogP) is 5.85. The number of anilines is 1. The van der Waals surface area contributed by atoms with E-state index in [0.717, 1.165) is 33.3 Å². The number of aliphatic hydroxyl groups is 2. The molecule has 3 fully saturated rings. The van der Waals surface area contributed by atoms with Crippen molar-refractivity contribution in [3.05, 3.63) is 57.8 Å². The molecular weight excluding hydrogens is 995 g/mol. The highest BCUT2D eigenvalue weighted by Crippen LogP contribution is 2.46. The zero-order valence-electron chi connectivity index (χ0n) is 48.0. The van der Waals surface area contributed by atoms with Crippen LogP contribution >= 0.6 is 0 Å². The topological polar surface area (TPSA) is 234 Å². The molecule has 428 valence electrons. The van der Waals surface area contributed by atoms with Crippen LogP contribution in [-0.2, 0) is 23.9 Å². The van der Waals surface area contributed by atoms with Crippen LogP contribution in [0.3, 0.4) is 0 Å². The number of phenols is 2. The van der Waals surface area contributed by atoms with Crippen molar-refractivity contribution in [3.8, 4) is 30.1 Å². The number of likely N-dealkylation sites (tertiary alicyclic amines) is 2. The van der Waals surface area contributed by atoms with Crippen molar-refractivity contribution in [3.63, 3.8) is 0 Å². The predicted molar refractivity (Wildman–Crippen MR) is 302 cm³/mol. The third kappa shape index (κ3) is 14.6. The molecular formula is C60H87N7O11. The van der Waals surface area contributed by atoms with Gasteiger partial charge in [0.1, 0.15) is 35.1 Å². The minimum Gasteiger partial charge on any atom is -0.507 e. The molecule has 78 heavy (non-hydrogen) atoms. The number of carbonyl (C=O) groups is 5. The zero-order valence-corrected chi connectivity index (χ0v) is 48.0. The Balaban J connectivity index is 0.00000274. The van der Waals surface area contributed by atoms with Crippen LogP contribution in [0.4, 0.5) is 5.69 Å². The summed E-state index contributed by atoms with van der Waals surface area (Å²) < 4.78 is 12.4. The Morgan fingerprint density at radius 3 is 2.18 bits per heavy atom. The normalized spacial score (nSPS) is 26.3. The number of esters is 1. The van der Waals surface area contributed by atoms with Gasteiger partial charge < -0.3 is 49.9 Å². The molecule has 4 bridgehead atoms. The molecule has 5 N–H and O–H groups in total. The highest BCUT2D eigenvalue weighted by Gasteiger charge is 2.40. The minimum absolute atomic E-state index is 0.00469. The third-order valence-electron chi connectivity index (χ3n) is 16.0. The number of nitrogens with one attached hydrogen (secondary N) is 1. The number of fused-ring (bicyclic) bond motifs is 14. The Morgan fingerprint density at radius 1 is 0.897 bits per heavy atom. The average Bonchev–Trinajstić information content (AvgIpc) is 4.01. The van der Waals surface area contributed by atoms with Gasteiger partial charge in [0.25, 0.3) is 5.91 Å². The second-order valence-corrected chi connectivity index (χ2v) is 22.3. The van der Waals surface area contributed by atoms with E-state index in [0.29, 0.717) is 76.2 Å². The van der Waals surface area contributed by atoms with E-state index in [9.17, 15) is 39.3 Å². The molecule has 8 rings (SSSR count). The van der Waals surface area contributed by atoms with Gasteiger partial charge in [0, 0.05) is 108 Å². The van der Waals surface area contributed by atoms with E-state index in [1.54, 1.807) is 48.8 Å². The van der Waals surface area contributed by atoms with E-state index in [1.807, 2.05) is 46.9 Å². The molecule has 0 radical (unpaired) electrons.